The lowest BCUT2D eigenvalue weighted by Gasteiger charge is -2.31. The fraction of sp³-hybridized carbons (Fsp3) is 0.607. The molecule has 204 valence electrons. The zero-order valence-corrected chi connectivity index (χ0v) is 23.2. The molecular formula is C28H40N8O2. The van der Waals surface area contributed by atoms with Gasteiger partial charge in [0.05, 0.1) is 0 Å². The van der Waals surface area contributed by atoms with Gasteiger partial charge in [0.15, 0.2) is 0 Å². The summed E-state index contributed by atoms with van der Waals surface area (Å²) in [4.78, 5) is 43.6. The number of hydrogen-bond acceptors (Lipinski definition) is 7. The second kappa shape index (κ2) is 10.8. The summed E-state index contributed by atoms with van der Waals surface area (Å²) in [6.07, 6.45) is 10.1. The third-order valence-electron chi connectivity index (χ3n) is 8.01. The summed E-state index contributed by atoms with van der Waals surface area (Å²) in [5.74, 6) is 1.49. The van der Waals surface area contributed by atoms with Crippen molar-refractivity contribution in [2.24, 2.45) is 10.9 Å². The predicted molar refractivity (Wildman–Crippen MR) is 149 cm³/mol. The molecule has 2 aliphatic heterocycles. The molecule has 10 nitrogen and oxygen atoms in total. The van der Waals surface area contributed by atoms with Gasteiger partial charge in [-0.05, 0) is 32.3 Å². The maximum absolute atomic E-state index is 13.0. The van der Waals surface area contributed by atoms with Crippen molar-refractivity contribution in [3.63, 3.8) is 0 Å². The lowest BCUT2D eigenvalue weighted by atomic mass is 9.99. The average Bonchev–Trinajstić information content (AvgIpc) is 3.50. The Hall–Kier alpha value is -3.27. The van der Waals surface area contributed by atoms with Crippen LogP contribution in [0.2, 0.25) is 0 Å². The van der Waals surface area contributed by atoms with Crippen molar-refractivity contribution in [3.05, 3.63) is 29.9 Å². The zero-order valence-electron chi connectivity index (χ0n) is 23.2. The Labute approximate surface area is 224 Å². The fourth-order valence-electron chi connectivity index (χ4n) is 5.97. The number of aliphatic imine (C=N–C) groups is 1. The van der Waals surface area contributed by atoms with E-state index in [1.54, 1.807) is 25.2 Å². The van der Waals surface area contributed by atoms with Crippen LogP contribution in [-0.2, 0) is 4.79 Å². The van der Waals surface area contributed by atoms with Crippen molar-refractivity contribution in [1.82, 2.24) is 29.7 Å². The van der Waals surface area contributed by atoms with Gasteiger partial charge in [-0.2, -0.15) is 4.98 Å². The van der Waals surface area contributed by atoms with E-state index in [-0.39, 0.29) is 35.9 Å². The van der Waals surface area contributed by atoms with E-state index in [1.807, 2.05) is 17.2 Å². The second-order valence-electron chi connectivity index (χ2n) is 11.3. The highest BCUT2D eigenvalue weighted by molar-refractivity contribution is 5.99. The Morgan fingerprint density at radius 1 is 1.21 bits per heavy atom. The van der Waals surface area contributed by atoms with Gasteiger partial charge in [-0.15, -0.1) is 0 Å². The molecule has 1 saturated heterocycles. The highest BCUT2D eigenvalue weighted by atomic mass is 16.2. The molecule has 2 fully saturated rings. The standard InChI is InChI=1S/C28H40N8O2/c1-6-20-16-35(25(37)12-18(3)31-20)23-15-29-24(11-17(23)2)32-28-30-14-19-13-22(27(38)34(4)5)36(26(19)33-28)21-9-7-8-10-21/h13-15,17-18,20-21,31H,6-12,16H2,1-5H3,(H,29,30,32,33). The third kappa shape index (κ3) is 5.18. The molecule has 0 aromatic carbocycles. The first-order chi connectivity index (χ1) is 18.2. The molecule has 2 N–H and O–H groups in total. The maximum atomic E-state index is 13.0. The quantitative estimate of drug-likeness (QED) is 0.619. The number of nitrogens with one attached hydrogen (secondary N) is 2. The first kappa shape index (κ1) is 26.3. The van der Waals surface area contributed by atoms with E-state index < -0.39 is 0 Å². The van der Waals surface area contributed by atoms with Crippen molar-refractivity contribution in [2.45, 2.75) is 83.8 Å². The smallest absolute Gasteiger partial charge is 0.270 e. The molecule has 3 unspecified atom stereocenters. The number of allylic oxidation sites excluding steroid dienone is 1. The van der Waals surface area contributed by atoms with E-state index in [2.05, 4.69) is 45.9 Å². The Morgan fingerprint density at radius 2 is 1.97 bits per heavy atom. The van der Waals surface area contributed by atoms with Crippen LogP contribution in [0.25, 0.3) is 11.0 Å². The average molecular weight is 521 g/mol. The summed E-state index contributed by atoms with van der Waals surface area (Å²) in [6.45, 7) is 7.02. The number of aromatic nitrogens is 3. The lowest BCUT2D eigenvalue weighted by Crippen LogP contribution is -2.41. The summed E-state index contributed by atoms with van der Waals surface area (Å²) < 4.78 is 2.12. The minimum atomic E-state index is -0.0227. The van der Waals surface area contributed by atoms with E-state index in [9.17, 15) is 9.59 Å². The number of carbonyl (C=O) groups excluding carboxylic acids is 2. The Morgan fingerprint density at radius 3 is 2.66 bits per heavy atom. The molecule has 2 amide bonds. The van der Waals surface area contributed by atoms with Crippen molar-refractivity contribution in [3.8, 4) is 0 Å². The molecule has 4 heterocycles. The van der Waals surface area contributed by atoms with Gasteiger partial charge in [0.1, 0.15) is 17.2 Å². The molecule has 2 aromatic rings. The summed E-state index contributed by atoms with van der Waals surface area (Å²) in [5, 5.41) is 7.74. The molecule has 38 heavy (non-hydrogen) atoms. The van der Waals surface area contributed by atoms with Gasteiger partial charge in [0.25, 0.3) is 5.91 Å². The summed E-state index contributed by atoms with van der Waals surface area (Å²) in [5.41, 5.74) is 2.41. The second-order valence-corrected chi connectivity index (χ2v) is 11.3. The van der Waals surface area contributed by atoms with E-state index in [1.165, 1.54) is 0 Å². The topological polar surface area (TPSA) is 108 Å². The van der Waals surface area contributed by atoms with Gasteiger partial charge in [-0.25, -0.2) is 9.98 Å². The van der Waals surface area contributed by atoms with Crippen LogP contribution in [0.1, 0.15) is 82.2 Å². The van der Waals surface area contributed by atoms with Crippen molar-refractivity contribution in [1.29, 1.82) is 0 Å². The van der Waals surface area contributed by atoms with E-state index in [4.69, 9.17) is 4.98 Å². The number of amidine groups is 1. The van der Waals surface area contributed by atoms with Gasteiger partial charge in [-0.1, -0.05) is 26.7 Å². The highest BCUT2D eigenvalue weighted by Gasteiger charge is 2.32. The third-order valence-corrected chi connectivity index (χ3v) is 8.01. The number of fused-ring (bicyclic) bond motifs is 1. The maximum Gasteiger partial charge on any atom is 0.270 e. The van der Waals surface area contributed by atoms with Gasteiger partial charge in [0.2, 0.25) is 11.9 Å². The largest absolute Gasteiger partial charge is 0.343 e. The normalized spacial score (nSPS) is 24.8. The molecule has 5 rings (SSSR count). The van der Waals surface area contributed by atoms with Crippen LogP contribution in [0, 0.1) is 5.92 Å². The predicted octanol–water partition coefficient (Wildman–Crippen LogP) is 3.93. The van der Waals surface area contributed by atoms with Crippen LogP contribution in [0.15, 0.2) is 29.2 Å². The van der Waals surface area contributed by atoms with Crippen LogP contribution < -0.4 is 10.6 Å². The molecule has 2 aromatic heterocycles. The minimum Gasteiger partial charge on any atom is -0.343 e. The molecule has 1 aliphatic carbocycles. The highest BCUT2D eigenvalue weighted by Crippen LogP contribution is 2.35. The van der Waals surface area contributed by atoms with Crippen LogP contribution >= 0.6 is 0 Å². The lowest BCUT2D eigenvalue weighted by molar-refractivity contribution is -0.129. The first-order valence-corrected chi connectivity index (χ1v) is 13.9. The zero-order chi connectivity index (χ0) is 27.0. The number of amides is 2. The van der Waals surface area contributed by atoms with Crippen molar-refractivity contribution in [2.75, 3.05) is 26.0 Å². The Bertz CT molecular complexity index is 1270. The summed E-state index contributed by atoms with van der Waals surface area (Å²) in [7, 11) is 3.56. The molecule has 0 radical (unpaired) electrons. The Balaban J connectivity index is 1.41. The van der Waals surface area contributed by atoms with E-state index >= 15 is 0 Å². The van der Waals surface area contributed by atoms with Crippen LogP contribution in [-0.4, -0.2) is 74.7 Å². The van der Waals surface area contributed by atoms with Gasteiger partial charge < -0.3 is 25.0 Å². The molecule has 3 atom stereocenters. The SMILES string of the molecule is CCC1CN(C2=CN=C(Nc3ncc4cc(C(=O)N(C)C)n(C5CCCC5)c4n3)CC2C)C(=O)CC(C)N1. The van der Waals surface area contributed by atoms with Crippen molar-refractivity contribution >= 4 is 34.6 Å². The van der Waals surface area contributed by atoms with Gasteiger partial charge >= 0.3 is 0 Å². The number of anilines is 1. The number of hydrogen-bond donors (Lipinski definition) is 2. The van der Waals surface area contributed by atoms with Crippen molar-refractivity contribution < 1.29 is 9.59 Å². The minimum absolute atomic E-state index is 0.0227. The monoisotopic (exact) mass is 520 g/mol. The first-order valence-electron chi connectivity index (χ1n) is 13.9. The van der Waals surface area contributed by atoms with Gasteiger partial charge in [-0.3, -0.25) is 9.59 Å². The Kier molecular flexibility index (Phi) is 7.52. The molecular weight excluding hydrogens is 480 g/mol. The van der Waals surface area contributed by atoms with Crippen LogP contribution in [0.3, 0.4) is 0 Å². The van der Waals surface area contributed by atoms with Crippen LogP contribution in [0.5, 0.6) is 0 Å². The molecule has 0 bridgehead atoms. The number of nitrogens with zero attached hydrogens (tertiary/aromatic N) is 6. The summed E-state index contributed by atoms with van der Waals surface area (Å²) in [6, 6.07) is 2.61. The molecule has 3 aliphatic rings. The summed E-state index contributed by atoms with van der Waals surface area (Å²) >= 11 is 0. The number of carbonyl (C=O) groups is 2. The molecule has 10 heteroatoms. The molecule has 1 saturated carbocycles. The van der Waals surface area contributed by atoms with Gasteiger partial charge in [0, 0.05) is 81.0 Å². The van der Waals surface area contributed by atoms with E-state index in [0.717, 1.165) is 54.7 Å². The van der Waals surface area contributed by atoms with Crippen LogP contribution in [0.4, 0.5) is 5.95 Å². The van der Waals surface area contributed by atoms with E-state index in [0.29, 0.717) is 31.0 Å². The molecule has 0 spiro atoms. The number of rotatable bonds is 5. The fourth-order valence-corrected chi connectivity index (χ4v) is 5.97.